The van der Waals surface area contributed by atoms with Crippen molar-refractivity contribution in [2.24, 2.45) is 0 Å². The highest BCUT2D eigenvalue weighted by atomic mass is 127. The molecule has 4 rings (SSSR count). The van der Waals surface area contributed by atoms with Gasteiger partial charge in [0.2, 0.25) is 0 Å². The lowest BCUT2D eigenvalue weighted by atomic mass is 10.1. The average Bonchev–Trinajstić information content (AvgIpc) is 3.04. The van der Waals surface area contributed by atoms with Gasteiger partial charge in [0, 0.05) is 22.6 Å². The van der Waals surface area contributed by atoms with Crippen LogP contribution in [0.5, 0.6) is 0 Å². The van der Waals surface area contributed by atoms with Gasteiger partial charge >= 0.3 is 6.03 Å². The molecule has 144 valence electrons. The number of carbonyl (C=O) groups excluding carboxylic acids is 3. The molecule has 1 aromatic heterocycles. The maximum Gasteiger partial charge on any atom is 0.343 e. The number of anilines is 2. The number of nitrogens with zero attached hydrogens (tertiary/aromatic N) is 2. The minimum Gasteiger partial charge on any atom is -0.450 e. The van der Waals surface area contributed by atoms with Crippen LogP contribution in [-0.2, 0) is 9.59 Å². The van der Waals surface area contributed by atoms with Gasteiger partial charge in [0.25, 0.3) is 11.8 Å². The van der Waals surface area contributed by atoms with Gasteiger partial charge in [-0.05, 0) is 52.3 Å². The third-order valence-electron chi connectivity index (χ3n) is 4.23. The molecule has 0 unspecified atom stereocenters. The van der Waals surface area contributed by atoms with Crippen molar-refractivity contribution in [3.8, 4) is 0 Å². The molecule has 1 saturated heterocycles. The van der Waals surface area contributed by atoms with Crippen LogP contribution in [0.25, 0.3) is 6.08 Å². The van der Waals surface area contributed by atoms with Gasteiger partial charge in [0.15, 0.2) is 3.77 Å². The fraction of sp³-hybridized carbons (Fsp3) is 0. The molecule has 0 radical (unpaired) electrons. The number of para-hydroxylation sites is 2. The number of hydrogen-bond donors (Lipinski definition) is 0. The molecule has 1 aliphatic rings. The van der Waals surface area contributed by atoms with Crippen molar-refractivity contribution >= 4 is 73.8 Å². The maximum atomic E-state index is 13.2. The van der Waals surface area contributed by atoms with E-state index in [1.807, 2.05) is 22.6 Å². The molecule has 3 aromatic rings. The second-order valence-electron chi connectivity index (χ2n) is 6.06. The Morgan fingerprint density at radius 3 is 1.72 bits per heavy atom. The second kappa shape index (κ2) is 7.96. The predicted octanol–water partition coefficient (Wildman–Crippen LogP) is 5.23. The van der Waals surface area contributed by atoms with Crippen molar-refractivity contribution < 1.29 is 18.8 Å². The number of benzene rings is 2. The number of carbonyl (C=O) groups is 3. The summed E-state index contributed by atoms with van der Waals surface area (Å²) in [5, 5.41) is 0. The first kappa shape index (κ1) is 19.6. The lowest BCUT2D eigenvalue weighted by Crippen LogP contribution is -2.57. The third kappa shape index (κ3) is 3.65. The number of rotatable bonds is 3. The minimum atomic E-state index is -0.732. The molecule has 6 nitrogen and oxygen atoms in total. The van der Waals surface area contributed by atoms with E-state index >= 15 is 0 Å². The topological polar surface area (TPSA) is 70.8 Å². The molecule has 1 fully saturated rings. The Balaban J connectivity index is 1.87. The van der Waals surface area contributed by atoms with Gasteiger partial charge in [-0.3, -0.25) is 9.59 Å². The fourth-order valence-electron chi connectivity index (χ4n) is 2.92. The molecule has 0 bridgehead atoms. The third-order valence-corrected chi connectivity index (χ3v) is 6.36. The number of halogens is 2. The second-order valence-corrected chi connectivity index (χ2v) is 7.90. The summed E-state index contributed by atoms with van der Waals surface area (Å²) in [6, 6.07) is 17.9. The van der Waals surface area contributed by atoms with E-state index in [9.17, 15) is 14.4 Å². The Kier molecular flexibility index (Phi) is 5.37. The monoisotopic (exact) mass is 562 g/mol. The average molecular weight is 563 g/mol. The van der Waals surface area contributed by atoms with Gasteiger partial charge in [-0.1, -0.05) is 36.4 Å². The van der Waals surface area contributed by atoms with Gasteiger partial charge in [-0.25, -0.2) is 14.6 Å². The highest BCUT2D eigenvalue weighted by Crippen LogP contribution is 2.31. The van der Waals surface area contributed by atoms with Crippen LogP contribution in [0, 0.1) is 3.77 Å². The number of barbiturate groups is 1. The standard InChI is InChI=1S/C21H12BrIN2O4/c22-17-12-15(29-18(17)23)11-16-19(26)24(13-7-3-1-4-8-13)21(28)25(20(16)27)14-9-5-2-6-10-14/h1-12H. The van der Waals surface area contributed by atoms with Crippen molar-refractivity contribution in [3.05, 3.63) is 86.3 Å². The van der Waals surface area contributed by atoms with Gasteiger partial charge in [0.05, 0.1) is 15.8 Å². The maximum absolute atomic E-state index is 13.2. The largest absolute Gasteiger partial charge is 0.450 e. The van der Waals surface area contributed by atoms with Crippen molar-refractivity contribution in [1.29, 1.82) is 0 Å². The van der Waals surface area contributed by atoms with E-state index in [-0.39, 0.29) is 5.57 Å². The SMILES string of the molecule is O=C1C(=Cc2cc(Br)c(I)o2)C(=O)N(c2ccccc2)C(=O)N1c1ccccc1. The van der Waals surface area contributed by atoms with E-state index in [0.717, 1.165) is 9.80 Å². The molecule has 0 N–H and O–H groups in total. The lowest BCUT2D eigenvalue weighted by Gasteiger charge is -2.33. The van der Waals surface area contributed by atoms with Gasteiger partial charge < -0.3 is 4.42 Å². The van der Waals surface area contributed by atoms with E-state index in [1.165, 1.54) is 6.08 Å². The smallest absolute Gasteiger partial charge is 0.343 e. The Bertz CT molecular complexity index is 1060. The molecule has 2 heterocycles. The van der Waals surface area contributed by atoms with Crippen LogP contribution in [0.1, 0.15) is 5.76 Å². The van der Waals surface area contributed by atoms with Crippen LogP contribution < -0.4 is 9.80 Å². The molecule has 8 heteroatoms. The highest BCUT2D eigenvalue weighted by Gasteiger charge is 2.43. The van der Waals surface area contributed by atoms with Gasteiger partial charge in [0.1, 0.15) is 11.3 Å². The summed E-state index contributed by atoms with van der Waals surface area (Å²) in [6.45, 7) is 0. The van der Waals surface area contributed by atoms with Crippen LogP contribution in [0.4, 0.5) is 16.2 Å². The van der Waals surface area contributed by atoms with E-state index in [4.69, 9.17) is 4.42 Å². The molecule has 29 heavy (non-hydrogen) atoms. The quantitative estimate of drug-likeness (QED) is 0.249. The van der Waals surface area contributed by atoms with Crippen LogP contribution in [-0.4, -0.2) is 17.8 Å². The van der Waals surface area contributed by atoms with Crippen LogP contribution in [0.15, 0.2) is 81.2 Å². The fourth-order valence-corrected chi connectivity index (χ4v) is 3.63. The predicted molar refractivity (Wildman–Crippen MR) is 120 cm³/mol. The molecular formula is C21H12BrIN2O4. The Hall–Kier alpha value is -2.72. The molecule has 0 atom stereocenters. The first-order chi connectivity index (χ1) is 14.0. The zero-order chi connectivity index (χ0) is 20.5. The molecule has 0 spiro atoms. The molecule has 0 aliphatic carbocycles. The number of imide groups is 2. The number of urea groups is 1. The summed E-state index contributed by atoms with van der Waals surface area (Å²) in [5.74, 6) is -1.09. The van der Waals surface area contributed by atoms with E-state index in [0.29, 0.717) is 25.4 Å². The highest BCUT2D eigenvalue weighted by molar-refractivity contribution is 14.1. The van der Waals surface area contributed by atoms with Crippen LogP contribution >= 0.6 is 38.5 Å². The summed E-state index contributed by atoms with van der Waals surface area (Å²) >= 11 is 5.33. The minimum absolute atomic E-state index is 0.171. The Morgan fingerprint density at radius 2 is 1.31 bits per heavy atom. The first-order valence-electron chi connectivity index (χ1n) is 8.47. The Labute approximate surface area is 188 Å². The van der Waals surface area contributed by atoms with E-state index in [1.54, 1.807) is 66.7 Å². The summed E-state index contributed by atoms with van der Waals surface area (Å²) < 4.78 is 6.85. The summed E-state index contributed by atoms with van der Waals surface area (Å²) in [7, 11) is 0. The zero-order valence-corrected chi connectivity index (χ0v) is 18.5. The van der Waals surface area contributed by atoms with Crippen molar-refractivity contribution in [2.45, 2.75) is 0 Å². The molecule has 0 saturated carbocycles. The molecule has 4 amide bonds. The lowest BCUT2D eigenvalue weighted by molar-refractivity contribution is -0.121. The van der Waals surface area contributed by atoms with Gasteiger partial charge in [-0.2, -0.15) is 0 Å². The summed E-state index contributed by atoms with van der Waals surface area (Å²) in [5.41, 5.74) is 0.573. The summed E-state index contributed by atoms with van der Waals surface area (Å²) in [6.07, 6.45) is 1.36. The van der Waals surface area contributed by atoms with Crippen molar-refractivity contribution in [3.63, 3.8) is 0 Å². The van der Waals surface area contributed by atoms with Crippen molar-refractivity contribution in [2.75, 3.05) is 9.80 Å². The number of furan rings is 1. The first-order valence-corrected chi connectivity index (χ1v) is 10.3. The van der Waals surface area contributed by atoms with E-state index in [2.05, 4.69) is 15.9 Å². The molecule has 2 aromatic carbocycles. The summed E-state index contributed by atoms with van der Waals surface area (Å²) in [4.78, 5) is 41.4. The van der Waals surface area contributed by atoms with Crippen LogP contribution in [0.2, 0.25) is 0 Å². The normalized spacial score (nSPS) is 14.6. The number of amides is 4. The Morgan fingerprint density at radius 1 is 0.828 bits per heavy atom. The van der Waals surface area contributed by atoms with E-state index < -0.39 is 17.8 Å². The van der Waals surface area contributed by atoms with Gasteiger partial charge in [-0.15, -0.1) is 0 Å². The van der Waals surface area contributed by atoms with Crippen molar-refractivity contribution in [1.82, 2.24) is 0 Å². The zero-order valence-electron chi connectivity index (χ0n) is 14.7. The van der Waals surface area contributed by atoms with Crippen LogP contribution in [0.3, 0.4) is 0 Å². The number of hydrogen-bond acceptors (Lipinski definition) is 4. The molecule has 1 aliphatic heterocycles. The molecular weight excluding hydrogens is 551 g/mol.